The lowest BCUT2D eigenvalue weighted by atomic mass is 9.99. The van der Waals surface area contributed by atoms with E-state index >= 15 is 14.4 Å². The minimum absolute atomic E-state index is 0.00103. The van der Waals surface area contributed by atoms with E-state index in [-0.39, 0.29) is 95.7 Å². The molecule has 4 saturated heterocycles. The van der Waals surface area contributed by atoms with Crippen LogP contribution in [0.15, 0.2) is 102 Å². The zero-order chi connectivity index (χ0) is 72.9. The van der Waals surface area contributed by atoms with Crippen molar-refractivity contribution in [2.75, 3.05) is 26.2 Å². The van der Waals surface area contributed by atoms with Gasteiger partial charge in [0.05, 0.1) is 6.42 Å². The number of carbonyl (C=O) groups excluding carboxylic acids is 13. The highest BCUT2D eigenvalue weighted by molar-refractivity contribution is 6.30. The number of benzene rings is 4. The van der Waals surface area contributed by atoms with Gasteiger partial charge in [-0.15, -0.1) is 0 Å². The second-order valence-electron chi connectivity index (χ2n) is 26.1. The van der Waals surface area contributed by atoms with E-state index < -0.39 is 163 Å². The van der Waals surface area contributed by atoms with E-state index in [4.69, 9.17) is 28.8 Å². The van der Waals surface area contributed by atoms with Crippen molar-refractivity contribution in [3.05, 3.63) is 119 Å². The molecule has 0 radical (unpaired) electrons. The number of aromatic nitrogens is 1. The quantitative estimate of drug-likeness (QED) is 0.0203. The zero-order valence-corrected chi connectivity index (χ0v) is 57.4. The van der Waals surface area contributed by atoms with Crippen molar-refractivity contribution in [2.45, 2.75) is 171 Å². The Kier molecular flexibility index (Phi) is 27.5. The highest BCUT2D eigenvalue weighted by Gasteiger charge is 2.41. The van der Waals surface area contributed by atoms with Crippen molar-refractivity contribution in [3.8, 4) is 0 Å². The molecule has 0 aliphatic carbocycles. The third-order valence-electron chi connectivity index (χ3n) is 17.8. The first kappa shape index (κ1) is 76.1. The lowest BCUT2D eigenvalue weighted by molar-refractivity contribution is -0.142. The molecule has 4 aromatic carbocycles. The third kappa shape index (κ3) is 22.4. The smallest absolute Gasteiger partial charge is 0.245 e. The topological polar surface area (TPSA) is 464 Å². The van der Waals surface area contributed by atoms with E-state index in [2.05, 4.69) is 68.5 Å². The summed E-state index contributed by atoms with van der Waals surface area (Å²) in [7, 11) is 0. The Hall–Kier alpha value is -10.6. The van der Waals surface area contributed by atoms with Crippen LogP contribution >= 0.6 is 11.6 Å². The number of aromatic amines is 1. The maximum Gasteiger partial charge on any atom is 0.245 e. The molecule has 4 aliphatic heterocycles. The van der Waals surface area contributed by atoms with Crippen LogP contribution in [0.2, 0.25) is 5.02 Å². The van der Waals surface area contributed by atoms with Gasteiger partial charge < -0.3 is 85.6 Å². The maximum absolute atomic E-state index is 15.5. The minimum atomic E-state index is -2.00. The van der Waals surface area contributed by atoms with Gasteiger partial charge in [-0.1, -0.05) is 98.2 Å². The Balaban J connectivity index is 1.18. The zero-order valence-electron chi connectivity index (χ0n) is 56.6. The fourth-order valence-corrected chi connectivity index (χ4v) is 12.6. The normalized spacial score (nSPS) is 21.8. The van der Waals surface area contributed by atoms with Gasteiger partial charge in [-0.3, -0.25) is 67.3 Å². The predicted octanol–water partition coefficient (Wildman–Crippen LogP) is -0.438. The first-order chi connectivity index (χ1) is 48.3. The Labute approximate surface area is 588 Å². The van der Waals surface area contributed by atoms with Crippen molar-refractivity contribution in [1.82, 2.24) is 68.4 Å². The van der Waals surface area contributed by atoms with Crippen molar-refractivity contribution < 1.29 is 62.3 Å². The lowest BCUT2D eigenvalue weighted by Crippen LogP contribution is -2.61. The molecule has 4 fully saturated rings. The molecule has 30 nitrogen and oxygen atoms in total. The van der Waals surface area contributed by atoms with Crippen LogP contribution in [0.1, 0.15) is 108 Å². The summed E-state index contributed by atoms with van der Waals surface area (Å²) < 4.78 is 0. The van der Waals surface area contributed by atoms with Gasteiger partial charge in [-0.25, -0.2) is 0 Å². The number of carbonyl (C=O) groups is 13. The number of hydrogen-bond acceptors (Lipinski definition) is 14. The molecular weight excluding hydrogens is 1320 g/mol. The van der Waals surface area contributed by atoms with E-state index in [1.54, 1.807) is 68.6 Å². The van der Waals surface area contributed by atoms with Crippen molar-refractivity contribution in [2.24, 2.45) is 28.1 Å². The average molecular weight is 1410 g/mol. The molecule has 9 rings (SSSR count). The van der Waals surface area contributed by atoms with Gasteiger partial charge in [0.1, 0.15) is 60.4 Å². The van der Waals surface area contributed by atoms with E-state index in [0.717, 1.165) is 10.8 Å². The number of amides is 13. The average Bonchev–Trinajstić information content (AvgIpc) is 1.81. The number of guanidine groups is 1. The van der Waals surface area contributed by atoms with Crippen LogP contribution in [0.4, 0.5) is 0 Å². The Bertz CT molecular complexity index is 3900. The maximum atomic E-state index is 15.5. The van der Waals surface area contributed by atoms with Gasteiger partial charge >= 0.3 is 0 Å². The number of nitrogens with one attached hydrogen (secondary N) is 12. The molecule has 2 bridgehead atoms. The molecule has 5 aromatic rings. The molecule has 10 atom stereocenters. The van der Waals surface area contributed by atoms with Crippen LogP contribution < -0.4 is 75.7 Å². The third-order valence-corrected chi connectivity index (χ3v) is 18.0. The predicted molar refractivity (Wildman–Crippen MR) is 375 cm³/mol. The lowest BCUT2D eigenvalue weighted by Gasteiger charge is -2.31. The molecular formula is C70H90ClN17O13. The van der Waals surface area contributed by atoms with Crippen LogP contribution in [0.5, 0.6) is 0 Å². The number of para-hydroxylation sites is 1. The molecule has 5 heterocycles. The molecule has 101 heavy (non-hydrogen) atoms. The molecule has 31 heteroatoms. The number of rotatable bonds is 20. The van der Waals surface area contributed by atoms with Gasteiger partial charge in [-0.05, 0) is 109 Å². The second-order valence-corrected chi connectivity index (χ2v) is 26.5. The van der Waals surface area contributed by atoms with Crippen molar-refractivity contribution >= 4 is 116 Å². The number of nitrogens with zero attached hydrogens (tertiary/aromatic N) is 2. The Morgan fingerprint density at radius 2 is 1.29 bits per heavy atom. The fourth-order valence-electron chi connectivity index (χ4n) is 12.5. The minimum Gasteiger partial charge on any atom is -0.370 e. The number of hydrogen-bond donors (Lipinski definition) is 15. The SMILES string of the molecule is CC(=O)N[C@H](Cc1ccc2ccccc2c1)C(=O)N[C@H](Cc1ccc(Cl)cc1)C(=O)N[C@H](Cc1c[nH]c2ccccc12)C(=O)N[C@H]1CC(=O)NC[C@@H](C(N)=O)NC(=O)[C@@H]2CCCN2C(=O)[C@@H]2CCCCNC(=O)CC[C@H](NC1=O)C(=O)N[C@H](CCCN=C(N)N)C(=O)N[C@@H](CC(C)C)C(=O)N2. The molecule has 13 amide bonds. The summed E-state index contributed by atoms with van der Waals surface area (Å²) in [5.41, 5.74) is 19.4. The van der Waals surface area contributed by atoms with E-state index in [1.807, 2.05) is 42.5 Å². The first-order valence-electron chi connectivity index (χ1n) is 33.9. The highest BCUT2D eigenvalue weighted by Crippen LogP contribution is 2.24. The number of aliphatic imine (C=N–C) groups is 1. The van der Waals surface area contributed by atoms with Crippen LogP contribution in [0.3, 0.4) is 0 Å². The molecule has 1 aromatic heterocycles. The fraction of sp³-hybridized carbons (Fsp3) is 0.457. The molecule has 0 unspecified atom stereocenters. The van der Waals surface area contributed by atoms with Gasteiger partial charge in [-0.2, -0.15) is 0 Å². The van der Waals surface area contributed by atoms with E-state index in [9.17, 15) is 47.9 Å². The summed E-state index contributed by atoms with van der Waals surface area (Å²) in [5.74, 6) is -11.9. The molecule has 0 spiro atoms. The summed E-state index contributed by atoms with van der Waals surface area (Å²) in [6.45, 7) is 4.25. The number of primary amides is 1. The van der Waals surface area contributed by atoms with E-state index in [0.29, 0.717) is 39.0 Å². The first-order valence-corrected chi connectivity index (χ1v) is 34.3. The van der Waals surface area contributed by atoms with Crippen LogP contribution in [-0.2, 0) is 81.6 Å². The largest absolute Gasteiger partial charge is 0.370 e. The molecule has 18 N–H and O–H groups in total. The van der Waals surface area contributed by atoms with Crippen LogP contribution in [-0.4, -0.2) is 179 Å². The standard InChI is InChI=1S/C70H90ClN17O13/c1-38(2)30-51-63(95)82-50-16-8-9-27-75-58(90)26-25-49(62(94)80-48(61(93)83-51)17-10-28-76-70(73)74)81-67(99)55(35-59(91)78-37-56(60(72)92)87-68(100)57-18-11-29-88(57)69(50)101)86-66(98)54(34-44-36-77-47-15-7-6-14-46(44)47)85-65(97)53(32-40-20-23-45(71)24-21-40)84-64(96)52(79-39(3)89)33-41-19-22-42-12-4-5-13-43(42)31-41/h4-7,12-15,19-24,31,36,38,48-57,77H,8-11,16-18,25-30,32-35,37H2,1-3H3,(H2,72,92)(H,75,90)(H,78,91)(H,79,89)(H,80,94)(H,81,99)(H,82,95)(H,83,93)(H,84,96)(H,85,97)(H,86,98)(H,87,100)(H4,73,74,76)/t48-,49+,50+,51+,52-,53-,54-,55+,56+,57+/m1/s1. The van der Waals surface area contributed by atoms with Gasteiger partial charge in [0.25, 0.3) is 0 Å². The summed E-state index contributed by atoms with van der Waals surface area (Å²) in [6.07, 6.45) is 0.208. The second kappa shape index (κ2) is 36.4. The van der Waals surface area contributed by atoms with Crippen LogP contribution in [0.25, 0.3) is 21.7 Å². The van der Waals surface area contributed by atoms with E-state index in [1.165, 1.54) is 11.8 Å². The Morgan fingerprint density at radius 3 is 2.00 bits per heavy atom. The number of halogens is 1. The molecule has 4 aliphatic rings. The van der Waals surface area contributed by atoms with Crippen molar-refractivity contribution in [1.29, 1.82) is 0 Å². The summed E-state index contributed by atoms with van der Waals surface area (Å²) >= 11 is 6.29. The monoisotopic (exact) mass is 1410 g/mol. The summed E-state index contributed by atoms with van der Waals surface area (Å²) in [5, 5.41) is 32.3. The molecule has 540 valence electrons. The number of H-pyrrole nitrogens is 1. The highest BCUT2D eigenvalue weighted by atomic mass is 35.5. The number of fused-ring (bicyclic) bond motifs is 25. The van der Waals surface area contributed by atoms with Gasteiger partial charge in [0.2, 0.25) is 76.8 Å². The van der Waals surface area contributed by atoms with Crippen LogP contribution in [0, 0.1) is 5.92 Å². The van der Waals surface area contributed by atoms with Gasteiger partial charge in [0, 0.05) is 80.9 Å². The summed E-state index contributed by atoms with van der Waals surface area (Å²) in [6, 6.07) is 11.6. The summed E-state index contributed by atoms with van der Waals surface area (Å²) in [4.78, 5) is 196. The number of nitrogens with two attached hydrogens (primary N) is 3. The molecule has 0 saturated carbocycles. The van der Waals surface area contributed by atoms with Gasteiger partial charge in [0.15, 0.2) is 5.96 Å². The van der Waals surface area contributed by atoms with Crippen molar-refractivity contribution in [3.63, 3.8) is 0 Å². The Morgan fingerprint density at radius 1 is 0.634 bits per heavy atom.